The van der Waals surface area contributed by atoms with Crippen LogP contribution < -0.4 is 15.8 Å². The lowest BCUT2D eigenvalue weighted by Gasteiger charge is -2.10. The van der Waals surface area contributed by atoms with Gasteiger partial charge in [0.2, 0.25) is 0 Å². The van der Waals surface area contributed by atoms with Gasteiger partial charge in [0.1, 0.15) is 10.7 Å². The van der Waals surface area contributed by atoms with Crippen LogP contribution in [0.4, 0.5) is 30.7 Å². The summed E-state index contributed by atoms with van der Waals surface area (Å²) < 4.78 is 82.5. The minimum absolute atomic E-state index is 0.167. The van der Waals surface area contributed by atoms with Gasteiger partial charge in [0, 0.05) is 17.0 Å². The average molecular weight is 547 g/mol. The van der Waals surface area contributed by atoms with Crippen LogP contribution in [0.3, 0.4) is 0 Å². The van der Waals surface area contributed by atoms with Gasteiger partial charge in [-0.2, -0.15) is 26.3 Å². The number of benzene rings is 1. The third-order valence-electron chi connectivity index (χ3n) is 3.89. The van der Waals surface area contributed by atoms with E-state index in [0.717, 1.165) is 36.0 Å². The van der Waals surface area contributed by atoms with Crippen molar-refractivity contribution in [3.05, 3.63) is 51.0 Å². The number of esters is 1. The number of carbonyl (C=O) groups is 3. The number of alkyl halides is 6. The lowest BCUT2D eigenvalue weighted by atomic mass is 10.1. The first-order valence-corrected chi connectivity index (χ1v) is 10.0. The number of thiophene rings is 1. The average Bonchev–Trinajstić information content (AvgIpc) is 3.19. The van der Waals surface area contributed by atoms with Gasteiger partial charge in [0.15, 0.2) is 11.6 Å². The van der Waals surface area contributed by atoms with E-state index in [2.05, 4.69) is 5.32 Å². The van der Waals surface area contributed by atoms with Crippen molar-refractivity contribution in [2.45, 2.75) is 25.3 Å². The number of halogens is 7. The molecule has 6 N–H and O–H groups in total. The van der Waals surface area contributed by atoms with Crippen LogP contribution in [0.1, 0.15) is 25.7 Å². The van der Waals surface area contributed by atoms with Gasteiger partial charge in [0.05, 0.1) is 0 Å². The van der Waals surface area contributed by atoms with Crippen LogP contribution in [0.25, 0.3) is 0 Å². The first-order valence-electron chi connectivity index (χ1n) is 9.22. The summed E-state index contributed by atoms with van der Waals surface area (Å²) in [5, 5.41) is 24.7. The van der Waals surface area contributed by atoms with E-state index in [4.69, 9.17) is 35.7 Å². The minimum atomic E-state index is -5.08. The van der Waals surface area contributed by atoms with Crippen molar-refractivity contribution in [2.24, 2.45) is 5.73 Å². The van der Waals surface area contributed by atoms with E-state index in [1.807, 2.05) is 6.07 Å². The summed E-state index contributed by atoms with van der Waals surface area (Å²) in [6.45, 7) is 1.63. The number of amidine groups is 1. The summed E-state index contributed by atoms with van der Waals surface area (Å²) in [5.74, 6) is -7.22. The first-order chi connectivity index (χ1) is 16.4. The molecule has 0 fully saturated rings. The third kappa shape index (κ3) is 9.49. The number of aliphatic carboxylic acids is 2. The number of nitrogen functional groups attached to an aromatic ring is 1. The summed E-state index contributed by atoms with van der Waals surface area (Å²) in [7, 11) is 0. The number of carboxylic acids is 2. The smallest absolute Gasteiger partial charge is 0.475 e. The van der Waals surface area contributed by atoms with Crippen LogP contribution >= 0.6 is 11.3 Å². The second kappa shape index (κ2) is 12.3. The Hall–Kier alpha value is -3.73. The number of nitrogens with one attached hydrogen (secondary N) is 2. The topological polar surface area (TPSA) is 163 Å². The predicted molar refractivity (Wildman–Crippen MR) is 109 cm³/mol. The van der Waals surface area contributed by atoms with Crippen molar-refractivity contribution < 1.29 is 60.1 Å². The molecule has 0 radical (unpaired) electrons. The Morgan fingerprint density at radius 3 is 1.97 bits per heavy atom. The molecule has 2 heterocycles. The Morgan fingerprint density at radius 1 is 1.03 bits per heavy atom. The maximum Gasteiger partial charge on any atom is 0.490 e. The third-order valence-corrected chi connectivity index (χ3v) is 5.04. The molecule has 0 saturated heterocycles. The number of carbonyl (C=O) groups excluding carboxylic acids is 1. The summed E-state index contributed by atoms with van der Waals surface area (Å²) in [5.41, 5.74) is 6.67. The molecule has 0 unspecified atom stereocenters. The second-order valence-electron chi connectivity index (χ2n) is 6.54. The zero-order chi connectivity index (χ0) is 27.8. The van der Waals surface area contributed by atoms with Gasteiger partial charge in [-0.05, 0) is 42.8 Å². The summed E-state index contributed by atoms with van der Waals surface area (Å²) >= 11 is 1.36. The molecule has 36 heavy (non-hydrogen) atoms. The Kier molecular flexibility index (Phi) is 10.4. The van der Waals surface area contributed by atoms with E-state index < -0.39 is 36.1 Å². The molecular weight excluding hydrogens is 531 g/mol. The van der Waals surface area contributed by atoms with Gasteiger partial charge < -0.3 is 26.0 Å². The van der Waals surface area contributed by atoms with Gasteiger partial charge in [-0.15, -0.1) is 11.3 Å². The number of ether oxygens (including phenoxy) is 1. The van der Waals surface area contributed by atoms with E-state index in [1.54, 1.807) is 0 Å². The fourth-order valence-corrected chi connectivity index (χ4v) is 3.31. The highest BCUT2D eigenvalue weighted by Crippen LogP contribution is 2.27. The van der Waals surface area contributed by atoms with E-state index >= 15 is 0 Å². The van der Waals surface area contributed by atoms with Crippen LogP contribution in [-0.4, -0.2) is 52.9 Å². The molecule has 198 valence electrons. The standard InChI is InChI=1S/C15H14FN3O2S.2C2HF3O2/c16-10-5-9(14(17)18)1-2-11(10)21-15(20)12-6-8-3-4-19-7-13(8)22-12;2*3-2(4,5)1(6)7/h1-2,5-6,19H,3-4,7H2,(H3,17,18);2*(H,6,7). The first kappa shape index (κ1) is 30.3. The zero-order valence-corrected chi connectivity index (χ0v) is 18.4. The highest BCUT2D eigenvalue weighted by atomic mass is 32.1. The van der Waals surface area contributed by atoms with Gasteiger partial charge in [0.25, 0.3) is 0 Å². The van der Waals surface area contributed by atoms with Crippen molar-refractivity contribution in [1.29, 1.82) is 5.41 Å². The van der Waals surface area contributed by atoms with Gasteiger partial charge in [-0.3, -0.25) is 5.41 Å². The lowest BCUT2D eigenvalue weighted by molar-refractivity contribution is -0.193. The fraction of sp³-hybridized carbons (Fsp3) is 0.263. The Bertz CT molecular complexity index is 1080. The minimum Gasteiger partial charge on any atom is -0.475 e. The number of carboxylic acid groups (broad SMARTS) is 2. The van der Waals surface area contributed by atoms with Crippen molar-refractivity contribution in [3.63, 3.8) is 0 Å². The van der Waals surface area contributed by atoms with Crippen LogP contribution in [-0.2, 0) is 22.6 Å². The molecule has 17 heteroatoms. The molecule has 0 bridgehead atoms. The number of hydrogen-bond acceptors (Lipinski definition) is 7. The predicted octanol–water partition coefficient (Wildman–Crippen LogP) is 3.30. The van der Waals surface area contributed by atoms with E-state index in [9.17, 15) is 35.5 Å². The Morgan fingerprint density at radius 2 is 1.56 bits per heavy atom. The monoisotopic (exact) mass is 547 g/mol. The largest absolute Gasteiger partial charge is 0.490 e. The number of nitrogens with two attached hydrogens (primary N) is 1. The van der Waals surface area contributed by atoms with E-state index in [0.29, 0.717) is 4.88 Å². The van der Waals surface area contributed by atoms with E-state index in [-0.39, 0.29) is 17.1 Å². The normalized spacial score (nSPS) is 12.6. The van der Waals surface area contributed by atoms with Crippen molar-refractivity contribution in [2.75, 3.05) is 6.54 Å². The van der Waals surface area contributed by atoms with Crippen LogP contribution in [0.5, 0.6) is 5.75 Å². The second-order valence-corrected chi connectivity index (χ2v) is 7.68. The van der Waals surface area contributed by atoms with Crippen molar-refractivity contribution in [1.82, 2.24) is 5.32 Å². The van der Waals surface area contributed by atoms with Gasteiger partial charge >= 0.3 is 30.3 Å². The molecule has 9 nitrogen and oxygen atoms in total. The van der Waals surface area contributed by atoms with Gasteiger partial charge in [-0.25, -0.2) is 18.8 Å². The number of fused-ring (bicyclic) bond motifs is 1. The quantitative estimate of drug-likeness (QED) is 0.129. The molecule has 0 amide bonds. The van der Waals surface area contributed by atoms with Gasteiger partial charge in [-0.1, -0.05) is 0 Å². The Balaban J connectivity index is 0.000000383. The summed E-state index contributed by atoms with van der Waals surface area (Å²) in [6.07, 6.45) is -9.29. The highest BCUT2D eigenvalue weighted by Gasteiger charge is 2.38. The van der Waals surface area contributed by atoms with Crippen LogP contribution in [0.15, 0.2) is 24.3 Å². The molecule has 0 saturated carbocycles. The van der Waals surface area contributed by atoms with Crippen LogP contribution in [0, 0.1) is 11.2 Å². The maximum atomic E-state index is 13.9. The fourth-order valence-electron chi connectivity index (χ4n) is 2.25. The molecule has 2 aromatic rings. The van der Waals surface area contributed by atoms with Crippen molar-refractivity contribution in [3.8, 4) is 5.75 Å². The molecule has 1 aliphatic heterocycles. The molecule has 0 atom stereocenters. The summed E-state index contributed by atoms with van der Waals surface area (Å²) in [4.78, 5) is 31.5. The van der Waals surface area contributed by atoms with E-state index in [1.165, 1.54) is 23.5 Å². The molecule has 3 rings (SSSR count). The molecule has 0 aliphatic carbocycles. The van der Waals surface area contributed by atoms with Crippen molar-refractivity contribution >= 4 is 35.1 Å². The summed E-state index contributed by atoms with van der Waals surface area (Å²) in [6, 6.07) is 5.63. The highest BCUT2D eigenvalue weighted by molar-refractivity contribution is 7.14. The molecule has 1 aliphatic rings. The lowest BCUT2D eigenvalue weighted by Crippen LogP contribution is -2.21. The molecule has 0 spiro atoms. The Labute approximate surface area is 200 Å². The maximum absolute atomic E-state index is 13.9. The van der Waals surface area contributed by atoms with Crippen LogP contribution in [0.2, 0.25) is 0 Å². The number of rotatable bonds is 3. The molecule has 1 aromatic carbocycles. The SMILES string of the molecule is N=C(N)c1ccc(OC(=O)c2cc3c(s2)CNCC3)c(F)c1.O=C(O)C(F)(F)F.O=C(O)C(F)(F)F. The zero-order valence-electron chi connectivity index (χ0n) is 17.6. The molecule has 1 aromatic heterocycles. The molecular formula is C19H16F7N3O6S. The number of hydrogen-bond donors (Lipinski definition) is 5.